The fourth-order valence-electron chi connectivity index (χ4n) is 1.69. The van der Waals surface area contributed by atoms with Crippen LogP contribution in [0.1, 0.15) is 26.2 Å². The minimum absolute atomic E-state index is 1.11. The third-order valence-electron chi connectivity index (χ3n) is 2.54. The molecule has 1 rings (SSSR count). The van der Waals surface area contributed by atoms with E-state index in [1.54, 1.807) is 0 Å². The first kappa shape index (κ1) is 10.7. The molecule has 0 saturated carbocycles. The molecule has 1 heterocycles. The highest BCUT2D eigenvalue weighted by Gasteiger charge is 2.09. The molecular formula is C11H22N2. The van der Waals surface area contributed by atoms with Crippen molar-refractivity contribution in [3.63, 3.8) is 0 Å². The highest BCUT2D eigenvalue weighted by molar-refractivity contribution is 4.97. The zero-order valence-electron chi connectivity index (χ0n) is 8.81. The van der Waals surface area contributed by atoms with E-state index in [4.69, 9.17) is 0 Å². The number of rotatable bonds is 5. The molecule has 13 heavy (non-hydrogen) atoms. The zero-order chi connectivity index (χ0) is 9.52. The summed E-state index contributed by atoms with van der Waals surface area (Å²) in [5.74, 6) is 0. The molecule has 0 aliphatic carbocycles. The lowest BCUT2D eigenvalue weighted by molar-refractivity contribution is 0.257. The quantitative estimate of drug-likeness (QED) is 0.650. The van der Waals surface area contributed by atoms with Gasteiger partial charge in [-0.3, -0.25) is 4.90 Å². The maximum absolute atomic E-state index is 4.12. The van der Waals surface area contributed by atoms with E-state index in [2.05, 4.69) is 23.7 Å². The van der Waals surface area contributed by atoms with E-state index in [9.17, 15) is 0 Å². The molecular weight excluding hydrogens is 160 g/mol. The molecule has 0 unspecified atom stereocenters. The maximum Gasteiger partial charge on any atom is 0.0191 e. The van der Waals surface area contributed by atoms with Crippen LogP contribution >= 0.6 is 0 Å². The first-order chi connectivity index (χ1) is 6.33. The molecule has 1 aliphatic heterocycles. The summed E-state index contributed by atoms with van der Waals surface area (Å²) < 4.78 is 0. The summed E-state index contributed by atoms with van der Waals surface area (Å²) in [5.41, 5.74) is 1.41. The number of nitrogens with zero attached hydrogens (tertiary/aromatic N) is 1. The second-order valence-corrected chi connectivity index (χ2v) is 3.88. The number of piperazine rings is 1. The summed E-state index contributed by atoms with van der Waals surface area (Å²) in [6.07, 6.45) is 3.78. The Hall–Kier alpha value is -0.340. The minimum Gasteiger partial charge on any atom is -0.314 e. The predicted octanol–water partition coefficient (Wildman–Crippen LogP) is 1.64. The van der Waals surface area contributed by atoms with Crippen LogP contribution in [0.4, 0.5) is 0 Å². The maximum atomic E-state index is 4.12. The highest BCUT2D eigenvalue weighted by atomic mass is 15.2. The molecule has 0 spiro atoms. The summed E-state index contributed by atoms with van der Waals surface area (Å²) >= 11 is 0. The van der Waals surface area contributed by atoms with E-state index >= 15 is 0 Å². The minimum atomic E-state index is 1.11. The molecule has 2 heteroatoms. The van der Waals surface area contributed by atoms with Gasteiger partial charge >= 0.3 is 0 Å². The van der Waals surface area contributed by atoms with Crippen LogP contribution in [0.25, 0.3) is 0 Å². The van der Waals surface area contributed by atoms with Gasteiger partial charge in [-0.05, 0) is 12.8 Å². The Kier molecular flexibility index (Phi) is 5.09. The van der Waals surface area contributed by atoms with Crippen LogP contribution in [0.5, 0.6) is 0 Å². The molecule has 0 aromatic rings. The second kappa shape index (κ2) is 6.17. The molecule has 76 valence electrons. The molecule has 1 fully saturated rings. The van der Waals surface area contributed by atoms with Crippen molar-refractivity contribution in [3.8, 4) is 0 Å². The highest BCUT2D eigenvalue weighted by Crippen LogP contribution is 2.07. The number of hydrogen-bond donors (Lipinski definition) is 1. The predicted molar refractivity (Wildman–Crippen MR) is 58.0 cm³/mol. The van der Waals surface area contributed by atoms with Crippen LogP contribution in [0.15, 0.2) is 12.2 Å². The van der Waals surface area contributed by atoms with E-state index in [0.29, 0.717) is 0 Å². The number of nitrogens with one attached hydrogen (secondary N) is 1. The van der Waals surface area contributed by atoms with E-state index in [1.165, 1.54) is 37.9 Å². The van der Waals surface area contributed by atoms with Crippen LogP contribution in [0.3, 0.4) is 0 Å². The van der Waals surface area contributed by atoms with Crippen molar-refractivity contribution in [2.24, 2.45) is 0 Å². The van der Waals surface area contributed by atoms with Crippen molar-refractivity contribution < 1.29 is 0 Å². The van der Waals surface area contributed by atoms with Gasteiger partial charge in [0.05, 0.1) is 0 Å². The van der Waals surface area contributed by atoms with Gasteiger partial charge in [-0.2, -0.15) is 0 Å². The normalized spacial score (nSPS) is 18.8. The van der Waals surface area contributed by atoms with Crippen molar-refractivity contribution in [3.05, 3.63) is 12.2 Å². The van der Waals surface area contributed by atoms with Crippen molar-refractivity contribution in [1.82, 2.24) is 10.2 Å². The Balaban J connectivity index is 2.11. The topological polar surface area (TPSA) is 15.3 Å². The lowest BCUT2D eigenvalue weighted by Gasteiger charge is -2.27. The average molecular weight is 182 g/mol. The molecule has 0 amide bonds. The monoisotopic (exact) mass is 182 g/mol. The van der Waals surface area contributed by atoms with Gasteiger partial charge in [0.1, 0.15) is 0 Å². The fourth-order valence-corrected chi connectivity index (χ4v) is 1.69. The van der Waals surface area contributed by atoms with Gasteiger partial charge < -0.3 is 5.32 Å². The molecule has 1 N–H and O–H groups in total. The summed E-state index contributed by atoms with van der Waals surface area (Å²) in [7, 11) is 0. The van der Waals surface area contributed by atoms with Gasteiger partial charge in [0, 0.05) is 32.7 Å². The third-order valence-corrected chi connectivity index (χ3v) is 2.54. The fraction of sp³-hybridized carbons (Fsp3) is 0.818. The molecule has 0 aromatic carbocycles. The third kappa shape index (κ3) is 4.44. The number of unbranched alkanes of at least 4 members (excludes halogenated alkanes) is 1. The van der Waals surface area contributed by atoms with Crippen LogP contribution in [-0.4, -0.2) is 37.6 Å². The van der Waals surface area contributed by atoms with Gasteiger partial charge in [0.15, 0.2) is 0 Å². The summed E-state index contributed by atoms with van der Waals surface area (Å²) in [6.45, 7) is 12.1. The summed E-state index contributed by atoms with van der Waals surface area (Å²) in [6, 6.07) is 0. The molecule has 1 aliphatic rings. The van der Waals surface area contributed by atoms with Crippen LogP contribution < -0.4 is 5.32 Å². The first-order valence-electron chi connectivity index (χ1n) is 5.42. The molecule has 0 atom stereocenters. The SMILES string of the molecule is C=C(CCCC)CN1CCNCC1. The van der Waals surface area contributed by atoms with Gasteiger partial charge in [0.2, 0.25) is 0 Å². The van der Waals surface area contributed by atoms with Gasteiger partial charge in [-0.25, -0.2) is 0 Å². The van der Waals surface area contributed by atoms with Crippen molar-refractivity contribution in [1.29, 1.82) is 0 Å². The second-order valence-electron chi connectivity index (χ2n) is 3.88. The van der Waals surface area contributed by atoms with Gasteiger partial charge in [-0.15, -0.1) is 0 Å². The van der Waals surface area contributed by atoms with Gasteiger partial charge in [0.25, 0.3) is 0 Å². The first-order valence-corrected chi connectivity index (χ1v) is 5.42. The van der Waals surface area contributed by atoms with Crippen LogP contribution in [-0.2, 0) is 0 Å². The Morgan fingerprint density at radius 1 is 1.38 bits per heavy atom. The lowest BCUT2D eigenvalue weighted by Crippen LogP contribution is -2.44. The number of hydrogen-bond acceptors (Lipinski definition) is 2. The van der Waals surface area contributed by atoms with E-state index < -0.39 is 0 Å². The standard InChI is InChI=1S/C11H22N2/c1-3-4-5-11(2)10-13-8-6-12-7-9-13/h12H,2-10H2,1H3. The molecule has 0 bridgehead atoms. The van der Waals surface area contributed by atoms with Crippen molar-refractivity contribution in [2.45, 2.75) is 26.2 Å². The summed E-state index contributed by atoms with van der Waals surface area (Å²) in [4.78, 5) is 2.49. The Morgan fingerprint density at radius 2 is 2.08 bits per heavy atom. The Labute approximate surface area is 82.0 Å². The molecule has 1 saturated heterocycles. The van der Waals surface area contributed by atoms with Crippen LogP contribution in [0.2, 0.25) is 0 Å². The average Bonchev–Trinajstić information content (AvgIpc) is 2.16. The van der Waals surface area contributed by atoms with Crippen LogP contribution in [0, 0.1) is 0 Å². The van der Waals surface area contributed by atoms with E-state index in [-0.39, 0.29) is 0 Å². The lowest BCUT2D eigenvalue weighted by atomic mass is 10.1. The Morgan fingerprint density at radius 3 is 2.69 bits per heavy atom. The molecule has 2 nitrogen and oxygen atoms in total. The smallest absolute Gasteiger partial charge is 0.0191 e. The molecule has 0 aromatic heterocycles. The molecule has 0 radical (unpaired) electrons. The summed E-state index contributed by atoms with van der Waals surface area (Å²) in [5, 5.41) is 3.36. The Bertz CT molecular complexity index is 148. The van der Waals surface area contributed by atoms with Gasteiger partial charge in [-0.1, -0.05) is 25.5 Å². The largest absolute Gasteiger partial charge is 0.314 e. The van der Waals surface area contributed by atoms with Crippen molar-refractivity contribution >= 4 is 0 Å². The van der Waals surface area contributed by atoms with E-state index in [1.807, 2.05) is 0 Å². The van der Waals surface area contributed by atoms with Crippen molar-refractivity contribution in [2.75, 3.05) is 32.7 Å². The van der Waals surface area contributed by atoms with E-state index in [0.717, 1.165) is 19.6 Å². The zero-order valence-corrected chi connectivity index (χ0v) is 8.81.